The van der Waals surface area contributed by atoms with Crippen molar-refractivity contribution in [1.29, 1.82) is 0 Å². The molecule has 2 atom stereocenters. The van der Waals surface area contributed by atoms with Gasteiger partial charge in [0.15, 0.2) is 0 Å². The van der Waals surface area contributed by atoms with E-state index in [2.05, 4.69) is 15.7 Å². The average molecular weight is 460 g/mol. The molecule has 2 aliphatic heterocycles. The molecule has 1 amide bonds. The van der Waals surface area contributed by atoms with Crippen molar-refractivity contribution in [2.24, 2.45) is 4.99 Å². The highest BCUT2D eigenvalue weighted by molar-refractivity contribution is 5.92. The number of methoxy groups -OCH3 is 1. The van der Waals surface area contributed by atoms with E-state index >= 15 is 0 Å². The van der Waals surface area contributed by atoms with Crippen LogP contribution in [0, 0.1) is 11.6 Å². The number of hydrazine groups is 1. The van der Waals surface area contributed by atoms with E-state index in [1.165, 1.54) is 7.11 Å². The summed E-state index contributed by atoms with van der Waals surface area (Å²) >= 11 is 0. The molecule has 1 fully saturated rings. The van der Waals surface area contributed by atoms with Gasteiger partial charge in [0.2, 0.25) is 0 Å². The van der Waals surface area contributed by atoms with E-state index < -0.39 is 29.7 Å². The summed E-state index contributed by atoms with van der Waals surface area (Å²) in [6.07, 6.45) is -0.707. The molecule has 2 heterocycles. The number of carbonyl (C=O) groups is 1. The summed E-state index contributed by atoms with van der Waals surface area (Å²) in [5.74, 6) is -1.80. The van der Waals surface area contributed by atoms with Gasteiger partial charge in [-0.15, -0.1) is 0 Å². The molecule has 4 rings (SSSR count). The summed E-state index contributed by atoms with van der Waals surface area (Å²) in [4.78, 5) is 17.1. The molecule has 0 spiro atoms. The minimum absolute atomic E-state index is 0.0681. The van der Waals surface area contributed by atoms with Crippen molar-refractivity contribution in [2.45, 2.75) is 18.6 Å². The number of carbonyl (C=O) groups excluding carboxylic acids is 1. The third-order valence-electron chi connectivity index (χ3n) is 5.58. The number of nitrogens with zero attached hydrogens (tertiary/aromatic N) is 2. The highest BCUT2D eigenvalue weighted by Gasteiger charge is 2.38. The van der Waals surface area contributed by atoms with E-state index in [4.69, 9.17) is 14.2 Å². The number of halogens is 2. The van der Waals surface area contributed by atoms with E-state index in [1.54, 1.807) is 0 Å². The third kappa shape index (κ3) is 5.58. The number of ether oxygens (including phenoxy) is 3. The molecule has 8 nitrogen and oxygen atoms in total. The van der Waals surface area contributed by atoms with Gasteiger partial charge in [-0.05, 0) is 5.56 Å². The molecule has 0 aromatic heterocycles. The molecule has 10 heteroatoms. The van der Waals surface area contributed by atoms with Crippen LogP contribution in [0.25, 0.3) is 0 Å². The van der Waals surface area contributed by atoms with Gasteiger partial charge in [0, 0.05) is 36.7 Å². The monoisotopic (exact) mass is 460 g/mol. The Morgan fingerprint density at radius 3 is 2.55 bits per heavy atom. The van der Waals surface area contributed by atoms with Crippen molar-refractivity contribution < 1.29 is 27.8 Å². The first-order valence-corrected chi connectivity index (χ1v) is 10.7. The van der Waals surface area contributed by atoms with Gasteiger partial charge in [-0.3, -0.25) is 4.99 Å². The number of amidine groups is 1. The lowest BCUT2D eigenvalue weighted by atomic mass is 9.92. The van der Waals surface area contributed by atoms with Crippen molar-refractivity contribution in [3.8, 4) is 5.75 Å². The Kier molecular flexibility index (Phi) is 7.36. The molecular formula is C23H26F2N4O4. The molecule has 0 aliphatic carbocycles. The lowest BCUT2D eigenvalue weighted by molar-refractivity contribution is 0.0242. The maximum atomic E-state index is 14.9. The van der Waals surface area contributed by atoms with E-state index in [0.29, 0.717) is 32.1 Å². The number of morpholine rings is 1. The first-order chi connectivity index (χ1) is 16.0. The van der Waals surface area contributed by atoms with Gasteiger partial charge >= 0.3 is 6.09 Å². The molecule has 0 radical (unpaired) electrons. The summed E-state index contributed by atoms with van der Waals surface area (Å²) in [5.41, 5.74) is 3.83. The van der Waals surface area contributed by atoms with Gasteiger partial charge in [-0.2, -0.15) is 0 Å². The normalized spacial score (nSPS) is 20.8. The van der Waals surface area contributed by atoms with Crippen LogP contribution in [0.5, 0.6) is 5.75 Å². The summed E-state index contributed by atoms with van der Waals surface area (Å²) in [5, 5.41) is 4.64. The van der Waals surface area contributed by atoms with Crippen molar-refractivity contribution in [3.05, 3.63) is 65.2 Å². The zero-order valence-electron chi connectivity index (χ0n) is 18.2. The lowest BCUT2D eigenvalue weighted by Gasteiger charge is -2.31. The Morgan fingerprint density at radius 2 is 1.88 bits per heavy atom. The largest absolute Gasteiger partial charge is 0.497 e. The minimum atomic E-state index is -0.812. The van der Waals surface area contributed by atoms with Crippen LogP contribution in [-0.4, -0.2) is 62.9 Å². The maximum absolute atomic E-state index is 14.9. The molecule has 2 aromatic rings. The molecule has 33 heavy (non-hydrogen) atoms. The molecule has 1 saturated heterocycles. The second-order valence-electron chi connectivity index (χ2n) is 7.73. The fourth-order valence-electron chi connectivity index (χ4n) is 3.88. The van der Waals surface area contributed by atoms with E-state index in [-0.39, 0.29) is 24.5 Å². The van der Waals surface area contributed by atoms with Crippen molar-refractivity contribution >= 4 is 11.9 Å². The molecular weight excluding hydrogens is 434 g/mol. The molecule has 176 valence electrons. The quantitative estimate of drug-likeness (QED) is 0.690. The van der Waals surface area contributed by atoms with Gasteiger partial charge in [0.25, 0.3) is 0 Å². The minimum Gasteiger partial charge on any atom is -0.497 e. The number of rotatable bonds is 6. The van der Waals surface area contributed by atoms with Crippen LogP contribution in [-0.2, 0) is 16.1 Å². The molecule has 0 bridgehead atoms. The first-order valence-electron chi connectivity index (χ1n) is 10.7. The fraction of sp³-hybridized carbons (Fsp3) is 0.391. The Morgan fingerprint density at radius 1 is 1.18 bits per heavy atom. The molecule has 2 aliphatic rings. The zero-order chi connectivity index (χ0) is 23.2. The van der Waals surface area contributed by atoms with Crippen LogP contribution in [0.4, 0.5) is 13.6 Å². The Labute approximate surface area is 190 Å². The smallest absolute Gasteiger partial charge is 0.408 e. The SMILES string of the molecule is COc1cc(F)c([C@@H]2CN=C(NN3CCOCC3)[C@H]2NC(=O)OCc2ccccc2)c(F)c1. The van der Waals surface area contributed by atoms with Crippen LogP contribution < -0.4 is 15.5 Å². The van der Waals surface area contributed by atoms with Crippen molar-refractivity contribution in [3.63, 3.8) is 0 Å². The van der Waals surface area contributed by atoms with Gasteiger partial charge in [-0.25, -0.2) is 18.6 Å². The zero-order valence-corrected chi connectivity index (χ0v) is 18.2. The highest BCUT2D eigenvalue weighted by Crippen LogP contribution is 2.32. The number of hydrogen-bond donors (Lipinski definition) is 2. The highest BCUT2D eigenvalue weighted by atomic mass is 19.1. The van der Waals surface area contributed by atoms with Crippen LogP contribution in [0.1, 0.15) is 17.0 Å². The average Bonchev–Trinajstić information content (AvgIpc) is 3.20. The second-order valence-corrected chi connectivity index (χ2v) is 7.73. The molecule has 2 N–H and O–H groups in total. The Balaban J connectivity index is 1.52. The van der Waals surface area contributed by atoms with Crippen LogP contribution in [0.15, 0.2) is 47.5 Å². The van der Waals surface area contributed by atoms with Gasteiger partial charge in [0.05, 0.1) is 32.9 Å². The molecule has 0 saturated carbocycles. The molecule has 2 aromatic carbocycles. The number of aliphatic imine (C=N–C) groups is 1. The van der Waals surface area contributed by atoms with Gasteiger partial charge in [0.1, 0.15) is 29.8 Å². The number of hydrogen-bond acceptors (Lipinski definition) is 7. The topological polar surface area (TPSA) is 84.4 Å². The number of nitrogens with one attached hydrogen (secondary N) is 2. The van der Waals surface area contributed by atoms with Gasteiger partial charge < -0.3 is 25.0 Å². The standard InChI is InChI=1S/C23H26F2N4O4/c1-31-16-11-18(24)20(19(25)12-16)17-13-26-22(28-29-7-9-32-10-8-29)21(17)27-23(30)33-14-15-5-3-2-4-6-15/h2-6,11-12,17,21H,7-10,13-14H2,1H3,(H,26,28)(H,27,30)/t17-,21-/m0/s1. The molecule has 0 unspecified atom stereocenters. The fourth-order valence-corrected chi connectivity index (χ4v) is 3.88. The summed E-state index contributed by atoms with van der Waals surface area (Å²) < 4.78 is 45.3. The first kappa shape index (κ1) is 22.9. The lowest BCUT2D eigenvalue weighted by Crippen LogP contribution is -2.55. The van der Waals surface area contributed by atoms with Gasteiger partial charge in [-0.1, -0.05) is 30.3 Å². The summed E-state index contributed by atoms with van der Waals surface area (Å²) in [6, 6.07) is 10.7. The number of benzene rings is 2. The Hall–Kier alpha value is -3.24. The summed E-state index contributed by atoms with van der Waals surface area (Å²) in [7, 11) is 1.34. The number of alkyl carbamates (subject to hydrolysis) is 1. The summed E-state index contributed by atoms with van der Waals surface area (Å²) in [6.45, 7) is 2.47. The van der Waals surface area contributed by atoms with E-state index in [9.17, 15) is 13.6 Å². The van der Waals surface area contributed by atoms with Crippen molar-refractivity contribution in [1.82, 2.24) is 15.8 Å². The van der Waals surface area contributed by atoms with Crippen molar-refractivity contribution in [2.75, 3.05) is 40.0 Å². The second kappa shape index (κ2) is 10.6. The van der Waals surface area contributed by atoms with E-state index in [1.807, 2.05) is 35.3 Å². The number of amides is 1. The Bertz CT molecular complexity index is 976. The van der Waals surface area contributed by atoms with Crippen LogP contribution in [0.3, 0.4) is 0 Å². The van der Waals surface area contributed by atoms with Crippen LogP contribution in [0.2, 0.25) is 0 Å². The maximum Gasteiger partial charge on any atom is 0.408 e. The third-order valence-corrected chi connectivity index (χ3v) is 5.58. The van der Waals surface area contributed by atoms with E-state index in [0.717, 1.165) is 17.7 Å². The predicted octanol–water partition coefficient (Wildman–Crippen LogP) is 2.60. The van der Waals surface area contributed by atoms with Crippen LogP contribution >= 0.6 is 0 Å². The predicted molar refractivity (Wildman–Crippen MR) is 117 cm³/mol.